The van der Waals surface area contributed by atoms with Crippen LogP contribution in [0, 0.1) is 0 Å². The number of amides is 2. The van der Waals surface area contributed by atoms with Crippen LogP contribution in [0.1, 0.15) is 28.4 Å². The van der Waals surface area contributed by atoms with Gasteiger partial charge in [0.05, 0.1) is 17.4 Å². The number of furan rings is 1. The highest BCUT2D eigenvalue weighted by Crippen LogP contribution is 2.32. The van der Waals surface area contributed by atoms with Crippen molar-refractivity contribution < 1.29 is 27.2 Å². The lowest BCUT2D eigenvalue weighted by Crippen LogP contribution is -2.52. The van der Waals surface area contributed by atoms with Crippen LogP contribution in [0.4, 0.5) is 13.2 Å². The van der Waals surface area contributed by atoms with Crippen molar-refractivity contribution in [3.05, 3.63) is 59.5 Å². The van der Waals surface area contributed by atoms with E-state index in [4.69, 9.17) is 10.2 Å². The zero-order valence-corrected chi connectivity index (χ0v) is 12.0. The van der Waals surface area contributed by atoms with Crippen molar-refractivity contribution in [3.8, 4) is 0 Å². The molecule has 122 valence electrons. The highest BCUT2D eigenvalue weighted by molar-refractivity contribution is 5.98. The summed E-state index contributed by atoms with van der Waals surface area (Å²) in [4.78, 5) is 23.9. The van der Waals surface area contributed by atoms with E-state index < -0.39 is 29.1 Å². The second kappa shape index (κ2) is 5.79. The van der Waals surface area contributed by atoms with Crippen molar-refractivity contribution in [2.24, 2.45) is 5.73 Å². The molecule has 2 rings (SSSR count). The molecule has 0 aliphatic heterocycles. The molecule has 0 fully saturated rings. The van der Waals surface area contributed by atoms with Gasteiger partial charge in [-0.15, -0.1) is 0 Å². The van der Waals surface area contributed by atoms with E-state index >= 15 is 0 Å². The maximum Gasteiger partial charge on any atom is 0.416 e. The molecule has 8 heteroatoms. The third kappa shape index (κ3) is 3.36. The van der Waals surface area contributed by atoms with Gasteiger partial charge >= 0.3 is 6.18 Å². The highest BCUT2D eigenvalue weighted by atomic mass is 19.4. The number of alkyl halides is 3. The molecule has 1 heterocycles. The molecule has 0 spiro atoms. The standard InChI is InChI=1S/C15H13F3N2O3/c1-14(13(19)22,20-12(21)9-5-6-23-8-9)10-3-2-4-11(7-10)15(16,17)18/h2-8H,1H3,(H2,19,22)(H,20,21). The third-order valence-corrected chi connectivity index (χ3v) is 3.41. The van der Waals surface area contributed by atoms with Crippen molar-refractivity contribution in [3.63, 3.8) is 0 Å². The summed E-state index contributed by atoms with van der Waals surface area (Å²) in [5.74, 6) is -1.69. The molecule has 0 saturated carbocycles. The third-order valence-electron chi connectivity index (χ3n) is 3.41. The molecule has 1 aromatic heterocycles. The van der Waals surface area contributed by atoms with E-state index in [0.29, 0.717) is 0 Å². The summed E-state index contributed by atoms with van der Waals surface area (Å²) in [5, 5.41) is 2.35. The lowest BCUT2D eigenvalue weighted by atomic mass is 9.89. The largest absolute Gasteiger partial charge is 0.472 e. The quantitative estimate of drug-likeness (QED) is 0.905. The van der Waals surface area contributed by atoms with Gasteiger partial charge < -0.3 is 15.5 Å². The van der Waals surface area contributed by atoms with E-state index in [-0.39, 0.29) is 11.1 Å². The second-order valence-corrected chi connectivity index (χ2v) is 5.03. The highest BCUT2D eigenvalue weighted by Gasteiger charge is 2.38. The summed E-state index contributed by atoms with van der Waals surface area (Å²) in [6.45, 7) is 1.24. The zero-order valence-electron chi connectivity index (χ0n) is 12.0. The predicted octanol–water partition coefficient (Wildman–Crippen LogP) is 2.43. The average Bonchev–Trinajstić information content (AvgIpc) is 3.00. The summed E-state index contributed by atoms with van der Waals surface area (Å²) in [6.07, 6.45) is -2.19. The number of primary amides is 1. The first-order chi connectivity index (χ1) is 10.6. The van der Waals surface area contributed by atoms with Crippen molar-refractivity contribution in [2.45, 2.75) is 18.6 Å². The first-order valence-electron chi connectivity index (χ1n) is 6.47. The number of hydrogen-bond donors (Lipinski definition) is 2. The number of halogens is 3. The normalized spacial score (nSPS) is 14.1. The predicted molar refractivity (Wildman–Crippen MR) is 74.2 cm³/mol. The Kier molecular flexibility index (Phi) is 4.18. The summed E-state index contributed by atoms with van der Waals surface area (Å²) < 4.78 is 43.2. The molecule has 0 saturated heterocycles. The number of nitrogens with two attached hydrogens (primary N) is 1. The van der Waals surface area contributed by atoms with E-state index in [9.17, 15) is 22.8 Å². The summed E-state index contributed by atoms with van der Waals surface area (Å²) >= 11 is 0. The summed E-state index contributed by atoms with van der Waals surface area (Å²) in [7, 11) is 0. The van der Waals surface area contributed by atoms with Crippen molar-refractivity contribution in [1.82, 2.24) is 5.32 Å². The molecular weight excluding hydrogens is 313 g/mol. The van der Waals surface area contributed by atoms with E-state index in [2.05, 4.69) is 5.32 Å². The van der Waals surface area contributed by atoms with Crippen LogP contribution in [0.2, 0.25) is 0 Å². The van der Waals surface area contributed by atoms with Gasteiger partial charge in [-0.2, -0.15) is 13.2 Å². The molecule has 0 bridgehead atoms. The Morgan fingerprint density at radius 1 is 1.17 bits per heavy atom. The van der Waals surface area contributed by atoms with Gasteiger partial charge in [-0.05, 0) is 30.7 Å². The van der Waals surface area contributed by atoms with Gasteiger partial charge in [-0.1, -0.05) is 12.1 Å². The number of benzene rings is 1. The Hall–Kier alpha value is -2.77. The molecule has 5 nitrogen and oxygen atoms in total. The van der Waals surface area contributed by atoms with Crippen LogP contribution >= 0.6 is 0 Å². The summed E-state index contributed by atoms with van der Waals surface area (Å²) in [5.41, 5.74) is 2.59. The number of carbonyl (C=O) groups is 2. The lowest BCUT2D eigenvalue weighted by molar-refractivity contribution is -0.137. The van der Waals surface area contributed by atoms with E-state index in [1.165, 1.54) is 25.3 Å². The van der Waals surface area contributed by atoms with Gasteiger partial charge in [0.15, 0.2) is 0 Å². The van der Waals surface area contributed by atoms with Crippen LogP contribution in [-0.2, 0) is 16.5 Å². The minimum atomic E-state index is -4.58. The van der Waals surface area contributed by atoms with Crippen molar-refractivity contribution >= 4 is 11.8 Å². The number of carbonyl (C=O) groups excluding carboxylic acids is 2. The second-order valence-electron chi connectivity index (χ2n) is 5.03. The molecule has 1 aromatic carbocycles. The Morgan fingerprint density at radius 3 is 2.35 bits per heavy atom. The van der Waals surface area contributed by atoms with E-state index in [1.807, 2.05) is 0 Å². The van der Waals surface area contributed by atoms with Crippen LogP contribution in [0.15, 0.2) is 47.3 Å². The monoisotopic (exact) mass is 326 g/mol. The van der Waals surface area contributed by atoms with Crippen LogP contribution in [0.5, 0.6) is 0 Å². The first-order valence-corrected chi connectivity index (χ1v) is 6.47. The number of hydrogen-bond acceptors (Lipinski definition) is 3. The minimum Gasteiger partial charge on any atom is -0.472 e. The van der Waals surface area contributed by atoms with Gasteiger partial charge in [0.2, 0.25) is 5.91 Å². The molecule has 1 atom stereocenters. The molecule has 0 radical (unpaired) electrons. The molecule has 2 aromatic rings. The van der Waals surface area contributed by atoms with Crippen molar-refractivity contribution in [2.75, 3.05) is 0 Å². The number of rotatable bonds is 4. The Labute approximate surface area is 129 Å². The van der Waals surface area contributed by atoms with Crippen LogP contribution in [0.3, 0.4) is 0 Å². The molecule has 3 N–H and O–H groups in total. The van der Waals surface area contributed by atoms with Crippen molar-refractivity contribution in [1.29, 1.82) is 0 Å². The molecule has 2 amide bonds. The average molecular weight is 326 g/mol. The summed E-state index contributed by atoms with van der Waals surface area (Å²) in [6, 6.07) is 5.42. The van der Waals surface area contributed by atoms with Crippen LogP contribution < -0.4 is 11.1 Å². The smallest absolute Gasteiger partial charge is 0.416 e. The lowest BCUT2D eigenvalue weighted by Gasteiger charge is -2.28. The fourth-order valence-corrected chi connectivity index (χ4v) is 1.98. The first kappa shape index (κ1) is 16.6. The maximum absolute atomic E-state index is 12.8. The Bertz CT molecular complexity index is 726. The number of nitrogens with one attached hydrogen (secondary N) is 1. The van der Waals surface area contributed by atoms with Gasteiger partial charge in [0, 0.05) is 0 Å². The van der Waals surface area contributed by atoms with Crippen LogP contribution in [-0.4, -0.2) is 11.8 Å². The van der Waals surface area contributed by atoms with Crippen LogP contribution in [0.25, 0.3) is 0 Å². The SMILES string of the molecule is CC(NC(=O)c1ccoc1)(C(N)=O)c1cccc(C(F)(F)F)c1. The Balaban J connectivity index is 2.41. The molecular formula is C15H13F3N2O3. The van der Waals surface area contributed by atoms with E-state index in [0.717, 1.165) is 24.5 Å². The van der Waals surface area contributed by atoms with Gasteiger partial charge in [0.1, 0.15) is 11.8 Å². The van der Waals surface area contributed by atoms with Gasteiger partial charge in [-0.25, -0.2) is 0 Å². The fraction of sp³-hybridized carbons (Fsp3) is 0.200. The van der Waals surface area contributed by atoms with E-state index in [1.54, 1.807) is 0 Å². The van der Waals surface area contributed by atoms with Gasteiger partial charge in [-0.3, -0.25) is 9.59 Å². The topological polar surface area (TPSA) is 85.3 Å². The molecule has 1 unspecified atom stereocenters. The minimum absolute atomic E-state index is 0.0725. The molecule has 0 aliphatic carbocycles. The molecule has 23 heavy (non-hydrogen) atoms. The molecule has 0 aliphatic rings. The Morgan fingerprint density at radius 2 is 1.83 bits per heavy atom. The zero-order chi connectivity index (χ0) is 17.3. The van der Waals surface area contributed by atoms with Gasteiger partial charge in [0.25, 0.3) is 5.91 Å². The fourth-order valence-electron chi connectivity index (χ4n) is 1.98. The maximum atomic E-state index is 12.8.